The lowest BCUT2D eigenvalue weighted by atomic mass is 10.1. The molecule has 0 saturated carbocycles. The van der Waals surface area contributed by atoms with E-state index in [4.69, 9.17) is 0 Å². The van der Waals surface area contributed by atoms with Crippen LogP contribution in [0.1, 0.15) is 77.6 Å². The summed E-state index contributed by atoms with van der Waals surface area (Å²) in [6, 6.07) is 0. The van der Waals surface area contributed by atoms with E-state index in [0.717, 1.165) is 25.9 Å². The zero-order valence-electron chi connectivity index (χ0n) is 15.2. The van der Waals surface area contributed by atoms with Gasteiger partial charge in [-0.1, -0.05) is 51.2 Å². The van der Waals surface area contributed by atoms with E-state index in [1.54, 1.807) is 0 Å². The molecule has 0 radical (unpaired) electrons. The second-order valence-electron chi connectivity index (χ2n) is 6.43. The van der Waals surface area contributed by atoms with E-state index < -0.39 is 0 Å². The molecule has 0 aliphatic carbocycles. The SMILES string of the molecule is CCCCC=CCCCCCCCC(=O)NCCCN(C)C. The van der Waals surface area contributed by atoms with Crippen LogP contribution < -0.4 is 5.32 Å². The standard InChI is InChI=1S/C19H38N2O/c1-4-5-6-7-8-9-10-11-12-13-14-16-19(22)20-17-15-18-21(2)3/h7-8H,4-6,9-18H2,1-3H3,(H,20,22). The minimum Gasteiger partial charge on any atom is -0.356 e. The Balaban J connectivity index is 3.21. The Morgan fingerprint density at radius 3 is 2.23 bits per heavy atom. The first kappa shape index (κ1) is 21.2. The molecule has 0 fully saturated rings. The predicted molar refractivity (Wildman–Crippen MR) is 97.2 cm³/mol. The molecule has 0 aromatic carbocycles. The maximum Gasteiger partial charge on any atom is 0.219 e. The van der Waals surface area contributed by atoms with Gasteiger partial charge >= 0.3 is 0 Å². The molecular formula is C19H38N2O. The van der Waals surface area contributed by atoms with E-state index in [2.05, 4.69) is 43.4 Å². The number of allylic oxidation sites excluding steroid dienone is 2. The van der Waals surface area contributed by atoms with Crippen LogP contribution in [0.5, 0.6) is 0 Å². The predicted octanol–water partition coefficient (Wildman–Crippen LogP) is 4.53. The van der Waals surface area contributed by atoms with Gasteiger partial charge in [-0.2, -0.15) is 0 Å². The Bertz CT molecular complexity index is 275. The van der Waals surface area contributed by atoms with Crippen LogP contribution in [0.4, 0.5) is 0 Å². The first-order valence-electron chi connectivity index (χ1n) is 9.23. The third kappa shape index (κ3) is 17.2. The topological polar surface area (TPSA) is 32.3 Å². The van der Waals surface area contributed by atoms with Crippen molar-refractivity contribution in [3.8, 4) is 0 Å². The van der Waals surface area contributed by atoms with Crippen LogP contribution in [0.25, 0.3) is 0 Å². The van der Waals surface area contributed by atoms with Crippen LogP contribution in [-0.2, 0) is 4.79 Å². The summed E-state index contributed by atoms with van der Waals surface area (Å²) in [6.07, 6.45) is 17.5. The van der Waals surface area contributed by atoms with E-state index in [0.29, 0.717) is 6.42 Å². The quantitative estimate of drug-likeness (QED) is 0.356. The summed E-state index contributed by atoms with van der Waals surface area (Å²) < 4.78 is 0. The highest BCUT2D eigenvalue weighted by Gasteiger charge is 2.00. The highest BCUT2D eigenvalue weighted by Crippen LogP contribution is 2.08. The third-order valence-electron chi connectivity index (χ3n) is 3.77. The number of carbonyl (C=O) groups excluding carboxylic acids is 1. The van der Waals surface area contributed by atoms with Crippen LogP contribution in [0.3, 0.4) is 0 Å². The number of amides is 1. The number of hydrogen-bond acceptors (Lipinski definition) is 2. The van der Waals surface area contributed by atoms with Crippen LogP contribution in [-0.4, -0.2) is 38.0 Å². The van der Waals surface area contributed by atoms with Gasteiger partial charge in [0.05, 0.1) is 0 Å². The van der Waals surface area contributed by atoms with Crippen molar-refractivity contribution in [1.82, 2.24) is 10.2 Å². The van der Waals surface area contributed by atoms with Crippen molar-refractivity contribution in [2.45, 2.75) is 77.6 Å². The molecule has 0 aromatic rings. The number of nitrogens with zero attached hydrogens (tertiary/aromatic N) is 1. The summed E-state index contributed by atoms with van der Waals surface area (Å²) in [4.78, 5) is 13.8. The van der Waals surface area contributed by atoms with Gasteiger partial charge < -0.3 is 10.2 Å². The molecule has 3 nitrogen and oxygen atoms in total. The molecule has 0 rings (SSSR count). The van der Waals surface area contributed by atoms with Crippen LogP contribution >= 0.6 is 0 Å². The van der Waals surface area contributed by atoms with Crippen molar-refractivity contribution >= 4 is 5.91 Å². The Hall–Kier alpha value is -0.830. The summed E-state index contributed by atoms with van der Waals surface area (Å²) >= 11 is 0. The number of unbranched alkanes of at least 4 members (excludes halogenated alkanes) is 7. The van der Waals surface area contributed by atoms with Crippen molar-refractivity contribution in [3.05, 3.63) is 12.2 Å². The average molecular weight is 311 g/mol. The molecule has 1 amide bonds. The lowest BCUT2D eigenvalue weighted by Gasteiger charge is -2.09. The molecule has 0 saturated heterocycles. The first-order chi connectivity index (χ1) is 10.7. The summed E-state index contributed by atoms with van der Waals surface area (Å²) in [5.74, 6) is 0.220. The smallest absolute Gasteiger partial charge is 0.219 e. The Morgan fingerprint density at radius 2 is 1.55 bits per heavy atom. The molecule has 1 N–H and O–H groups in total. The molecule has 0 aliphatic rings. The molecule has 0 heterocycles. The lowest BCUT2D eigenvalue weighted by molar-refractivity contribution is -0.121. The molecule has 0 spiro atoms. The summed E-state index contributed by atoms with van der Waals surface area (Å²) in [7, 11) is 4.12. The molecular weight excluding hydrogens is 272 g/mol. The van der Waals surface area contributed by atoms with Gasteiger partial charge in [0, 0.05) is 13.0 Å². The largest absolute Gasteiger partial charge is 0.356 e. The number of rotatable bonds is 15. The highest BCUT2D eigenvalue weighted by molar-refractivity contribution is 5.75. The van der Waals surface area contributed by atoms with E-state index >= 15 is 0 Å². The van der Waals surface area contributed by atoms with Gasteiger partial charge in [-0.05, 0) is 52.7 Å². The third-order valence-corrected chi connectivity index (χ3v) is 3.77. The maximum absolute atomic E-state index is 11.6. The Kier molecular flexibility index (Phi) is 15.9. The van der Waals surface area contributed by atoms with E-state index in [1.165, 1.54) is 51.4 Å². The molecule has 130 valence electrons. The van der Waals surface area contributed by atoms with Crippen molar-refractivity contribution in [2.24, 2.45) is 0 Å². The Labute approximate surface area is 138 Å². The number of nitrogens with one attached hydrogen (secondary N) is 1. The van der Waals surface area contributed by atoms with Crippen LogP contribution in [0.15, 0.2) is 12.2 Å². The molecule has 22 heavy (non-hydrogen) atoms. The minimum absolute atomic E-state index is 0.220. The minimum atomic E-state index is 0.220. The van der Waals surface area contributed by atoms with E-state index in [9.17, 15) is 4.79 Å². The molecule has 0 aliphatic heterocycles. The van der Waals surface area contributed by atoms with Crippen molar-refractivity contribution in [2.75, 3.05) is 27.2 Å². The number of hydrogen-bond donors (Lipinski definition) is 1. The van der Waals surface area contributed by atoms with Gasteiger partial charge in [0.15, 0.2) is 0 Å². The first-order valence-corrected chi connectivity index (χ1v) is 9.23. The van der Waals surface area contributed by atoms with E-state index in [-0.39, 0.29) is 5.91 Å². The van der Waals surface area contributed by atoms with Gasteiger partial charge in [0.2, 0.25) is 5.91 Å². The molecule has 0 aromatic heterocycles. The normalized spacial score (nSPS) is 11.5. The van der Waals surface area contributed by atoms with Gasteiger partial charge in [0.25, 0.3) is 0 Å². The number of carbonyl (C=O) groups is 1. The second-order valence-corrected chi connectivity index (χ2v) is 6.43. The summed E-state index contributed by atoms with van der Waals surface area (Å²) in [6.45, 7) is 4.08. The van der Waals surface area contributed by atoms with Gasteiger partial charge in [-0.15, -0.1) is 0 Å². The van der Waals surface area contributed by atoms with Crippen molar-refractivity contribution in [1.29, 1.82) is 0 Å². The van der Waals surface area contributed by atoms with Crippen molar-refractivity contribution in [3.63, 3.8) is 0 Å². The van der Waals surface area contributed by atoms with Crippen LogP contribution in [0, 0.1) is 0 Å². The zero-order valence-corrected chi connectivity index (χ0v) is 15.2. The summed E-state index contributed by atoms with van der Waals surface area (Å²) in [5.41, 5.74) is 0. The van der Waals surface area contributed by atoms with Crippen LogP contribution in [0.2, 0.25) is 0 Å². The Morgan fingerprint density at radius 1 is 0.909 bits per heavy atom. The highest BCUT2D eigenvalue weighted by atomic mass is 16.1. The fourth-order valence-electron chi connectivity index (χ4n) is 2.35. The fraction of sp³-hybridized carbons (Fsp3) is 0.842. The zero-order chi connectivity index (χ0) is 16.5. The monoisotopic (exact) mass is 310 g/mol. The summed E-state index contributed by atoms with van der Waals surface area (Å²) in [5, 5.41) is 3.00. The van der Waals surface area contributed by atoms with Gasteiger partial charge in [-0.25, -0.2) is 0 Å². The van der Waals surface area contributed by atoms with Gasteiger partial charge in [-0.3, -0.25) is 4.79 Å². The maximum atomic E-state index is 11.6. The second kappa shape index (κ2) is 16.5. The molecule has 0 unspecified atom stereocenters. The molecule has 0 atom stereocenters. The average Bonchev–Trinajstić information content (AvgIpc) is 2.49. The van der Waals surface area contributed by atoms with E-state index in [1.807, 2.05) is 0 Å². The van der Waals surface area contributed by atoms with Gasteiger partial charge in [0.1, 0.15) is 0 Å². The fourth-order valence-corrected chi connectivity index (χ4v) is 2.35. The lowest BCUT2D eigenvalue weighted by Crippen LogP contribution is -2.26. The molecule has 3 heteroatoms. The van der Waals surface area contributed by atoms with Crippen molar-refractivity contribution < 1.29 is 4.79 Å². The molecule has 0 bridgehead atoms.